The van der Waals surface area contributed by atoms with E-state index in [2.05, 4.69) is 15.8 Å². The van der Waals surface area contributed by atoms with Gasteiger partial charge in [-0.05, 0) is 31.9 Å². The van der Waals surface area contributed by atoms with Crippen molar-refractivity contribution in [3.63, 3.8) is 0 Å². The lowest BCUT2D eigenvalue weighted by molar-refractivity contribution is -0.121. The maximum atomic E-state index is 12.5. The van der Waals surface area contributed by atoms with Crippen LogP contribution < -0.4 is 20.1 Å². The van der Waals surface area contributed by atoms with Gasteiger partial charge in [-0.2, -0.15) is 0 Å². The summed E-state index contributed by atoms with van der Waals surface area (Å²) in [5, 5.41) is 9.37. The molecule has 28 heavy (non-hydrogen) atoms. The second kappa shape index (κ2) is 8.64. The molecule has 0 spiro atoms. The van der Waals surface area contributed by atoms with Crippen LogP contribution in [0.25, 0.3) is 0 Å². The van der Waals surface area contributed by atoms with Crippen LogP contribution in [-0.4, -0.2) is 49.3 Å². The number of likely N-dealkylation sites (tertiary alicyclic amines) is 1. The molecule has 0 saturated carbocycles. The normalized spacial score (nSPS) is 14.5. The van der Waals surface area contributed by atoms with Gasteiger partial charge in [-0.15, -0.1) is 0 Å². The van der Waals surface area contributed by atoms with Crippen molar-refractivity contribution in [3.05, 3.63) is 30.0 Å². The highest BCUT2D eigenvalue weighted by Gasteiger charge is 2.28. The maximum Gasteiger partial charge on any atom is 0.321 e. The summed E-state index contributed by atoms with van der Waals surface area (Å²) < 4.78 is 15.4. The lowest BCUT2D eigenvalue weighted by atomic mass is 9.96. The van der Waals surface area contributed by atoms with Gasteiger partial charge >= 0.3 is 6.03 Å². The van der Waals surface area contributed by atoms with Crippen molar-refractivity contribution in [1.29, 1.82) is 0 Å². The molecule has 9 heteroatoms. The molecule has 2 aromatic rings. The number of methoxy groups -OCH3 is 2. The Balaban J connectivity index is 1.51. The zero-order valence-electron chi connectivity index (χ0n) is 16.2. The Morgan fingerprint density at radius 2 is 1.82 bits per heavy atom. The van der Waals surface area contributed by atoms with Gasteiger partial charge in [-0.25, -0.2) is 4.79 Å². The molecule has 1 saturated heterocycles. The topological polar surface area (TPSA) is 106 Å². The van der Waals surface area contributed by atoms with Gasteiger partial charge in [-0.1, -0.05) is 5.16 Å². The van der Waals surface area contributed by atoms with Crippen molar-refractivity contribution < 1.29 is 23.6 Å². The number of ether oxygens (including phenoxy) is 2. The van der Waals surface area contributed by atoms with E-state index in [4.69, 9.17) is 14.0 Å². The standard InChI is InChI=1S/C19H24N4O5/c1-12-10-17(22-28-12)21-18(24)13-6-8-23(9-7-13)19(25)20-14-4-5-15(26-2)16(11-14)27-3/h4-5,10-11,13H,6-9H2,1-3H3,(H,20,25)(H,21,22,24). The molecular weight excluding hydrogens is 364 g/mol. The van der Waals surface area contributed by atoms with Crippen molar-refractivity contribution in [2.45, 2.75) is 19.8 Å². The van der Waals surface area contributed by atoms with Gasteiger partial charge in [0, 0.05) is 36.8 Å². The van der Waals surface area contributed by atoms with Crippen LogP contribution >= 0.6 is 0 Å². The molecule has 0 atom stereocenters. The number of hydrogen-bond acceptors (Lipinski definition) is 6. The van der Waals surface area contributed by atoms with E-state index in [-0.39, 0.29) is 17.9 Å². The number of nitrogens with one attached hydrogen (secondary N) is 2. The molecule has 1 aliphatic rings. The van der Waals surface area contributed by atoms with E-state index in [1.54, 1.807) is 50.3 Å². The summed E-state index contributed by atoms with van der Waals surface area (Å²) in [5.41, 5.74) is 0.615. The van der Waals surface area contributed by atoms with Gasteiger partial charge in [0.2, 0.25) is 5.91 Å². The predicted molar refractivity (Wildman–Crippen MR) is 103 cm³/mol. The molecule has 2 N–H and O–H groups in total. The van der Waals surface area contributed by atoms with Crippen LogP contribution in [0.3, 0.4) is 0 Å². The number of benzene rings is 1. The van der Waals surface area contributed by atoms with Crippen molar-refractivity contribution in [1.82, 2.24) is 10.1 Å². The quantitative estimate of drug-likeness (QED) is 0.816. The Hall–Kier alpha value is -3.23. The van der Waals surface area contributed by atoms with Crippen molar-refractivity contribution in [2.75, 3.05) is 37.9 Å². The zero-order valence-corrected chi connectivity index (χ0v) is 16.2. The van der Waals surface area contributed by atoms with E-state index < -0.39 is 0 Å². The van der Waals surface area contributed by atoms with Crippen LogP contribution in [0.1, 0.15) is 18.6 Å². The molecule has 3 rings (SSSR count). The number of urea groups is 1. The first kappa shape index (κ1) is 19.5. The summed E-state index contributed by atoms with van der Waals surface area (Å²) in [6.07, 6.45) is 1.17. The SMILES string of the molecule is COc1ccc(NC(=O)N2CCC(C(=O)Nc3cc(C)on3)CC2)cc1OC. The summed E-state index contributed by atoms with van der Waals surface area (Å²) in [6, 6.07) is 6.65. The molecule has 9 nitrogen and oxygen atoms in total. The van der Waals surface area contributed by atoms with Crippen LogP contribution in [0.15, 0.2) is 28.8 Å². The smallest absolute Gasteiger partial charge is 0.321 e. The van der Waals surface area contributed by atoms with Crippen LogP contribution in [0, 0.1) is 12.8 Å². The number of anilines is 2. The summed E-state index contributed by atoms with van der Waals surface area (Å²) in [6.45, 7) is 2.75. The number of rotatable bonds is 5. The summed E-state index contributed by atoms with van der Waals surface area (Å²) in [4.78, 5) is 26.5. The summed E-state index contributed by atoms with van der Waals surface area (Å²) in [5.74, 6) is 1.91. The number of piperidine rings is 1. The van der Waals surface area contributed by atoms with Crippen LogP contribution in [-0.2, 0) is 4.79 Å². The fourth-order valence-electron chi connectivity index (χ4n) is 3.11. The Morgan fingerprint density at radius 1 is 1.11 bits per heavy atom. The van der Waals surface area contributed by atoms with Crippen LogP contribution in [0.2, 0.25) is 0 Å². The van der Waals surface area contributed by atoms with Crippen molar-refractivity contribution >= 4 is 23.4 Å². The molecule has 1 aliphatic heterocycles. The number of nitrogens with zero attached hydrogens (tertiary/aromatic N) is 2. The number of amides is 3. The summed E-state index contributed by atoms with van der Waals surface area (Å²) >= 11 is 0. The van der Waals surface area contributed by atoms with Crippen LogP contribution in [0.4, 0.5) is 16.3 Å². The molecule has 1 aromatic heterocycles. The van der Waals surface area contributed by atoms with E-state index in [1.165, 1.54) is 0 Å². The minimum Gasteiger partial charge on any atom is -0.493 e. The number of aryl methyl sites for hydroxylation is 1. The Morgan fingerprint density at radius 3 is 2.43 bits per heavy atom. The fourth-order valence-corrected chi connectivity index (χ4v) is 3.11. The Labute approximate surface area is 163 Å². The number of carbonyl (C=O) groups excluding carboxylic acids is 2. The maximum absolute atomic E-state index is 12.5. The third-order valence-corrected chi connectivity index (χ3v) is 4.67. The molecule has 2 heterocycles. The van der Waals surface area contributed by atoms with Gasteiger partial charge in [0.15, 0.2) is 17.3 Å². The largest absolute Gasteiger partial charge is 0.493 e. The first-order valence-corrected chi connectivity index (χ1v) is 9.02. The number of carbonyl (C=O) groups is 2. The third-order valence-electron chi connectivity index (χ3n) is 4.67. The fraction of sp³-hybridized carbons (Fsp3) is 0.421. The molecule has 1 fully saturated rings. The minimum absolute atomic E-state index is 0.103. The molecule has 0 radical (unpaired) electrons. The number of hydrogen-bond donors (Lipinski definition) is 2. The Kier molecular flexibility index (Phi) is 6.03. The van der Waals surface area contributed by atoms with E-state index in [0.717, 1.165) is 0 Å². The highest BCUT2D eigenvalue weighted by Crippen LogP contribution is 2.30. The molecule has 0 bridgehead atoms. The molecule has 1 aromatic carbocycles. The molecule has 0 unspecified atom stereocenters. The second-order valence-electron chi connectivity index (χ2n) is 6.57. The summed E-state index contributed by atoms with van der Waals surface area (Å²) in [7, 11) is 3.10. The molecule has 0 aliphatic carbocycles. The highest BCUT2D eigenvalue weighted by atomic mass is 16.5. The zero-order chi connectivity index (χ0) is 20.1. The average molecular weight is 388 g/mol. The molecular formula is C19H24N4O5. The van der Waals surface area contributed by atoms with Gasteiger partial charge in [-0.3, -0.25) is 4.79 Å². The lowest BCUT2D eigenvalue weighted by Crippen LogP contribution is -2.43. The number of aromatic nitrogens is 1. The van der Waals surface area contributed by atoms with E-state index in [0.29, 0.717) is 54.7 Å². The molecule has 150 valence electrons. The lowest BCUT2D eigenvalue weighted by Gasteiger charge is -2.31. The van der Waals surface area contributed by atoms with Crippen molar-refractivity contribution in [3.8, 4) is 11.5 Å². The average Bonchev–Trinajstić information content (AvgIpc) is 3.12. The first-order chi connectivity index (χ1) is 13.5. The predicted octanol–water partition coefficient (Wildman–Crippen LogP) is 2.88. The highest BCUT2D eigenvalue weighted by molar-refractivity contribution is 5.92. The van der Waals surface area contributed by atoms with Gasteiger partial charge in [0.1, 0.15) is 5.76 Å². The van der Waals surface area contributed by atoms with Gasteiger partial charge < -0.3 is 29.5 Å². The monoisotopic (exact) mass is 388 g/mol. The van der Waals surface area contributed by atoms with Gasteiger partial charge in [0.25, 0.3) is 0 Å². The second-order valence-corrected chi connectivity index (χ2v) is 6.57. The van der Waals surface area contributed by atoms with Crippen LogP contribution in [0.5, 0.6) is 11.5 Å². The minimum atomic E-state index is -0.210. The van der Waals surface area contributed by atoms with Gasteiger partial charge in [0.05, 0.1) is 14.2 Å². The third kappa shape index (κ3) is 4.54. The van der Waals surface area contributed by atoms with E-state index in [1.807, 2.05) is 0 Å². The van der Waals surface area contributed by atoms with Crippen molar-refractivity contribution in [2.24, 2.45) is 5.92 Å². The van der Waals surface area contributed by atoms with E-state index >= 15 is 0 Å². The molecule has 3 amide bonds. The van der Waals surface area contributed by atoms with E-state index in [9.17, 15) is 9.59 Å². The first-order valence-electron chi connectivity index (χ1n) is 9.02. The Bertz CT molecular complexity index is 843.